The SMILES string of the molecule is NCCCCC(NC(=O)C(N)CCC(=O)O)C(=O)N1CCCC1C(=O)NC(CCCN=C(N)N)C(=O)O. The van der Waals surface area contributed by atoms with Gasteiger partial charge in [-0.15, -0.1) is 0 Å². The smallest absolute Gasteiger partial charge is 0.326 e. The number of likely N-dealkylation sites (tertiary alicyclic amines) is 1. The first-order valence-electron chi connectivity index (χ1n) is 12.3. The molecule has 0 spiro atoms. The average Bonchev–Trinajstić information content (AvgIpc) is 3.33. The number of nitrogens with one attached hydrogen (secondary N) is 2. The van der Waals surface area contributed by atoms with Gasteiger partial charge in [0.05, 0.1) is 6.04 Å². The zero-order chi connectivity index (χ0) is 28.0. The van der Waals surface area contributed by atoms with Crippen LogP contribution in [-0.4, -0.2) is 94.5 Å². The summed E-state index contributed by atoms with van der Waals surface area (Å²) in [5.41, 5.74) is 21.8. The molecular formula is C22H40N8O7. The highest BCUT2D eigenvalue weighted by atomic mass is 16.4. The van der Waals surface area contributed by atoms with Crippen molar-refractivity contribution in [1.82, 2.24) is 15.5 Å². The molecule has 0 aromatic heterocycles. The second-order valence-electron chi connectivity index (χ2n) is 8.92. The minimum atomic E-state index is -1.23. The highest BCUT2D eigenvalue weighted by Crippen LogP contribution is 2.20. The average molecular weight is 529 g/mol. The number of rotatable bonds is 17. The van der Waals surface area contributed by atoms with Gasteiger partial charge in [-0.2, -0.15) is 0 Å². The van der Waals surface area contributed by atoms with Gasteiger partial charge in [-0.3, -0.25) is 24.2 Å². The van der Waals surface area contributed by atoms with E-state index in [9.17, 15) is 29.1 Å². The molecule has 0 saturated carbocycles. The van der Waals surface area contributed by atoms with Gasteiger partial charge in [0.15, 0.2) is 5.96 Å². The van der Waals surface area contributed by atoms with Gasteiger partial charge >= 0.3 is 11.9 Å². The fraction of sp³-hybridized carbons (Fsp3) is 0.727. The molecule has 0 radical (unpaired) electrons. The topological polar surface area (TPSA) is 270 Å². The number of amides is 3. The summed E-state index contributed by atoms with van der Waals surface area (Å²) in [6, 6.07) is -4.19. The van der Waals surface area contributed by atoms with Crippen LogP contribution in [-0.2, 0) is 24.0 Å². The van der Waals surface area contributed by atoms with E-state index < -0.39 is 53.8 Å². The maximum absolute atomic E-state index is 13.4. The quantitative estimate of drug-likeness (QED) is 0.0551. The highest BCUT2D eigenvalue weighted by Gasteiger charge is 2.39. The molecule has 0 aromatic carbocycles. The van der Waals surface area contributed by atoms with Crippen LogP contribution in [0.15, 0.2) is 4.99 Å². The number of hydrogen-bond acceptors (Lipinski definition) is 8. The molecule has 1 aliphatic rings. The first-order valence-corrected chi connectivity index (χ1v) is 12.3. The number of aliphatic imine (C=N–C) groups is 1. The van der Waals surface area contributed by atoms with Gasteiger partial charge in [-0.1, -0.05) is 0 Å². The number of guanidine groups is 1. The second kappa shape index (κ2) is 16.3. The summed E-state index contributed by atoms with van der Waals surface area (Å²) in [5.74, 6) is -4.21. The van der Waals surface area contributed by atoms with Crippen LogP contribution < -0.4 is 33.6 Å². The van der Waals surface area contributed by atoms with Crippen LogP contribution in [0.25, 0.3) is 0 Å². The van der Waals surface area contributed by atoms with Crippen LogP contribution in [0.5, 0.6) is 0 Å². The van der Waals surface area contributed by atoms with E-state index >= 15 is 0 Å². The van der Waals surface area contributed by atoms with Crippen molar-refractivity contribution in [2.24, 2.45) is 27.9 Å². The van der Waals surface area contributed by atoms with E-state index in [4.69, 9.17) is 28.0 Å². The second-order valence-corrected chi connectivity index (χ2v) is 8.92. The Morgan fingerprint density at radius 3 is 2.24 bits per heavy atom. The largest absolute Gasteiger partial charge is 0.481 e. The molecule has 4 atom stereocenters. The van der Waals surface area contributed by atoms with Gasteiger partial charge in [-0.05, 0) is 57.9 Å². The summed E-state index contributed by atoms with van der Waals surface area (Å²) in [7, 11) is 0. The summed E-state index contributed by atoms with van der Waals surface area (Å²) >= 11 is 0. The van der Waals surface area contributed by atoms with Crippen molar-refractivity contribution in [3.05, 3.63) is 0 Å². The maximum atomic E-state index is 13.4. The molecule has 1 aliphatic heterocycles. The molecule has 1 heterocycles. The third-order valence-electron chi connectivity index (χ3n) is 5.97. The Hall–Kier alpha value is -3.46. The van der Waals surface area contributed by atoms with E-state index in [1.165, 1.54) is 4.90 Å². The summed E-state index contributed by atoms with van der Waals surface area (Å²) in [6.07, 6.45) is 2.25. The Morgan fingerprint density at radius 1 is 0.973 bits per heavy atom. The molecule has 0 aromatic rings. The first kappa shape index (κ1) is 31.6. The molecule has 4 unspecified atom stereocenters. The third-order valence-corrected chi connectivity index (χ3v) is 5.97. The summed E-state index contributed by atoms with van der Waals surface area (Å²) < 4.78 is 0. The van der Waals surface area contributed by atoms with E-state index in [1.807, 2.05) is 0 Å². The van der Waals surface area contributed by atoms with Crippen molar-refractivity contribution in [2.75, 3.05) is 19.6 Å². The number of unbranched alkanes of at least 4 members (excludes halogenated alkanes) is 1. The molecule has 12 N–H and O–H groups in total. The van der Waals surface area contributed by atoms with Crippen LogP contribution >= 0.6 is 0 Å². The fourth-order valence-corrected chi connectivity index (χ4v) is 3.97. The van der Waals surface area contributed by atoms with Crippen LogP contribution in [0, 0.1) is 0 Å². The van der Waals surface area contributed by atoms with Crippen molar-refractivity contribution in [3.8, 4) is 0 Å². The number of aliphatic carboxylic acids is 2. The zero-order valence-corrected chi connectivity index (χ0v) is 20.9. The Kier molecular flexibility index (Phi) is 13.9. The molecule has 1 saturated heterocycles. The molecule has 3 amide bonds. The lowest BCUT2D eigenvalue weighted by molar-refractivity contribution is -0.145. The minimum absolute atomic E-state index is 0.0878. The van der Waals surface area contributed by atoms with E-state index in [-0.39, 0.29) is 44.7 Å². The Morgan fingerprint density at radius 2 is 1.65 bits per heavy atom. The zero-order valence-electron chi connectivity index (χ0n) is 20.9. The van der Waals surface area contributed by atoms with Crippen molar-refractivity contribution >= 4 is 35.6 Å². The lowest BCUT2D eigenvalue weighted by Gasteiger charge is -2.30. The van der Waals surface area contributed by atoms with Crippen LogP contribution in [0.1, 0.15) is 57.8 Å². The molecule has 1 fully saturated rings. The minimum Gasteiger partial charge on any atom is -0.481 e. The number of carbonyl (C=O) groups excluding carboxylic acids is 3. The van der Waals surface area contributed by atoms with Crippen molar-refractivity contribution in [3.63, 3.8) is 0 Å². The lowest BCUT2D eigenvalue weighted by Crippen LogP contribution is -2.56. The van der Waals surface area contributed by atoms with Gasteiger partial charge in [0.2, 0.25) is 17.7 Å². The Bertz CT molecular complexity index is 834. The molecule has 0 bridgehead atoms. The van der Waals surface area contributed by atoms with Gasteiger partial charge in [0.25, 0.3) is 0 Å². The van der Waals surface area contributed by atoms with E-state index in [2.05, 4.69) is 15.6 Å². The van der Waals surface area contributed by atoms with Crippen LogP contribution in [0.2, 0.25) is 0 Å². The predicted octanol–water partition coefficient (Wildman–Crippen LogP) is -2.59. The van der Waals surface area contributed by atoms with Crippen molar-refractivity contribution in [1.29, 1.82) is 0 Å². The number of carboxylic acids is 2. The number of carboxylic acid groups (broad SMARTS) is 2. The van der Waals surface area contributed by atoms with Gasteiger partial charge in [0.1, 0.15) is 18.1 Å². The predicted molar refractivity (Wildman–Crippen MR) is 134 cm³/mol. The monoisotopic (exact) mass is 528 g/mol. The van der Waals surface area contributed by atoms with Gasteiger partial charge < -0.3 is 48.7 Å². The molecule has 1 rings (SSSR count). The van der Waals surface area contributed by atoms with Gasteiger partial charge in [0, 0.05) is 19.5 Å². The number of hydrogen-bond donors (Lipinski definition) is 8. The number of nitrogens with zero attached hydrogens (tertiary/aromatic N) is 2. The maximum Gasteiger partial charge on any atom is 0.326 e. The van der Waals surface area contributed by atoms with Crippen LogP contribution in [0.3, 0.4) is 0 Å². The van der Waals surface area contributed by atoms with Gasteiger partial charge in [-0.25, -0.2) is 4.79 Å². The molecule has 15 heteroatoms. The fourth-order valence-electron chi connectivity index (χ4n) is 3.97. The van der Waals surface area contributed by atoms with Crippen LogP contribution in [0.4, 0.5) is 0 Å². The molecule has 37 heavy (non-hydrogen) atoms. The Balaban J connectivity index is 2.89. The lowest BCUT2D eigenvalue weighted by atomic mass is 10.1. The van der Waals surface area contributed by atoms with E-state index in [1.54, 1.807) is 0 Å². The number of carbonyl (C=O) groups is 5. The summed E-state index contributed by atoms with van der Waals surface area (Å²) in [4.78, 5) is 66.4. The molecule has 210 valence electrons. The number of nitrogens with two attached hydrogens (primary N) is 4. The standard InChI is InChI=1S/C22H40N8O7/c23-10-2-1-5-14(28-18(33)13(24)8-9-17(31)32)20(35)30-12-4-7-16(30)19(34)29-15(21(36)37)6-3-11-27-22(25)26/h13-16H,1-12,23-24H2,(H,28,33)(H,29,34)(H,31,32)(H,36,37)(H4,25,26,27). The van der Waals surface area contributed by atoms with Crippen molar-refractivity contribution in [2.45, 2.75) is 82.0 Å². The first-order chi connectivity index (χ1) is 17.5. The van der Waals surface area contributed by atoms with Crippen molar-refractivity contribution < 1.29 is 34.2 Å². The normalized spacial score (nSPS) is 17.4. The molecule has 15 nitrogen and oxygen atoms in total. The van der Waals surface area contributed by atoms with E-state index in [0.29, 0.717) is 38.6 Å². The van der Waals surface area contributed by atoms with E-state index in [0.717, 1.165) is 0 Å². The third kappa shape index (κ3) is 11.4. The summed E-state index contributed by atoms with van der Waals surface area (Å²) in [6.45, 7) is 0.851. The Labute approximate surface area is 215 Å². The molecule has 0 aliphatic carbocycles. The molecular weight excluding hydrogens is 488 g/mol. The summed E-state index contributed by atoms with van der Waals surface area (Å²) in [5, 5.41) is 23.4. The highest BCUT2D eigenvalue weighted by molar-refractivity contribution is 5.94.